The van der Waals surface area contributed by atoms with Gasteiger partial charge in [0.1, 0.15) is 0 Å². The van der Waals surface area contributed by atoms with E-state index in [4.69, 9.17) is 16.3 Å². The Morgan fingerprint density at radius 2 is 1.56 bits per heavy atom. The number of halogens is 1. The second-order valence-electron chi connectivity index (χ2n) is 9.15. The van der Waals surface area contributed by atoms with Gasteiger partial charge in [0.25, 0.3) is 0 Å². The van der Waals surface area contributed by atoms with Gasteiger partial charge in [-0.1, -0.05) is 72.3 Å². The first-order valence-electron chi connectivity index (χ1n) is 12.0. The van der Waals surface area contributed by atoms with Crippen LogP contribution in [0.1, 0.15) is 25.3 Å². The molecule has 0 aromatic heterocycles. The zero-order chi connectivity index (χ0) is 24.0. The molecule has 0 aliphatic carbocycles. The van der Waals surface area contributed by atoms with Gasteiger partial charge in [0.2, 0.25) is 0 Å². The van der Waals surface area contributed by atoms with Crippen molar-refractivity contribution >= 4 is 23.3 Å². The Hall–Kier alpha value is -2.82. The van der Waals surface area contributed by atoms with Gasteiger partial charge in [0.15, 0.2) is 0 Å². The van der Waals surface area contributed by atoms with Crippen molar-refractivity contribution in [2.45, 2.75) is 25.2 Å². The fourth-order valence-electron chi connectivity index (χ4n) is 4.83. The van der Waals surface area contributed by atoms with Gasteiger partial charge in [0, 0.05) is 42.5 Å². The Morgan fingerprint density at radius 1 is 0.912 bits per heavy atom. The number of benzene rings is 3. The minimum atomic E-state index is -0.610. The number of carbonyl (C=O) groups is 1. The van der Waals surface area contributed by atoms with Crippen LogP contribution < -0.4 is 4.90 Å². The van der Waals surface area contributed by atoms with Gasteiger partial charge < -0.3 is 9.64 Å². The van der Waals surface area contributed by atoms with Crippen molar-refractivity contribution in [1.29, 1.82) is 0 Å². The van der Waals surface area contributed by atoms with E-state index < -0.39 is 5.41 Å². The van der Waals surface area contributed by atoms with Crippen LogP contribution in [0, 0.1) is 0 Å². The van der Waals surface area contributed by atoms with Gasteiger partial charge >= 0.3 is 5.97 Å². The van der Waals surface area contributed by atoms with Gasteiger partial charge in [-0.3, -0.25) is 9.69 Å². The lowest BCUT2D eigenvalue weighted by molar-refractivity contribution is -0.147. The molecule has 4 rings (SSSR count). The first kappa shape index (κ1) is 24.3. The minimum Gasteiger partial charge on any atom is -0.468 e. The Morgan fingerprint density at radius 3 is 2.21 bits per heavy atom. The largest absolute Gasteiger partial charge is 0.468 e. The van der Waals surface area contributed by atoms with Crippen molar-refractivity contribution in [3.8, 4) is 11.1 Å². The number of esters is 1. The van der Waals surface area contributed by atoms with Crippen molar-refractivity contribution in [3.05, 3.63) is 89.4 Å². The molecule has 1 saturated heterocycles. The van der Waals surface area contributed by atoms with Gasteiger partial charge in [-0.05, 0) is 55.6 Å². The molecule has 3 aromatic rings. The molecule has 0 spiro atoms. The smallest absolute Gasteiger partial charge is 0.315 e. The molecular weight excluding hydrogens is 444 g/mol. The second kappa shape index (κ2) is 11.1. The first-order valence-corrected chi connectivity index (χ1v) is 12.4. The molecule has 1 fully saturated rings. The monoisotopic (exact) mass is 476 g/mol. The molecule has 1 aliphatic heterocycles. The van der Waals surface area contributed by atoms with Crippen LogP contribution in [0.15, 0.2) is 78.9 Å². The summed E-state index contributed by atoms with van der Waals surface area (Å²) in [7, 11) is 1.48. The third-order valence-corrected chi connectivity index (χ3v) is 7.32. The van der Waals surface area contributed by atoms with E-state index in [0.717, 1.165) is 67.3 Å². The molecular formula is C29H33ClN2O2. The summed E-state index contributed by atoms with van der Waals surface area (Å²) in [4.78, 5) is 17.5. The number of nitrogens with zero attached hydrogens (tertiary/aromatic N) is 2. The summed E-state index contributed by atoms with van der Waals surface area (Å²) in [5, 5.41) is 0.777. The molecule has 34 heavy (non-hydrogen) atoms. The number of piperazine rings is 1. The Labute approximate surface area is 208 Å². The van der Waals surface area contributed by atoms with Gasteiger partial charge in [-0.2, -0.15) is 0 Å². The molecule has 1 aliphatic rings. The van der Waals surface area contributed by atoms with E-state index >= 15 is 0 Å². The lowest BCUT2D eigenvalue weighted by Crippen LogP contribution is -2.47. The highest BCUT2D eigenvalue weighted by Gasteiger charge is 2.36. The number of methoxy groups -OCH3 is 1. The van der Waals surface area contributed by atoms with Crippen molar-refractivity contribution < 1.29 is 9.53 Å². The molecule has 0 saturated carbocycles. The van der Waals surface area contributed by atoms with Crippen LogP contribution in [0.5, 0.6) is 0 Å². The van der Waals surface area contributed by atoms with Crippen molar-refractivity contribution in [2.75, 3.05) is 44.7 Å². The third kappa shape index (κ3) is 5.45. The molecule has 5 heteroatoms. The Bertz CT molecular complexity index is 1080. The molecule has 1 atom stereocenters. The number of hydrogen-bond acceptors (Lipinski definition) is 4. The van der Waals surface area contributed by atoms with Crippen LogP contribution in [-0.2, 0) is 14.9 Å². The fraction of sp³-hybridized carbons (Fsp3) is 0.345. The number of rotatable bonds is 8. The van der Waals surface area contributed by atoms with Crippen LogP contribution in [-0.4, -0.2) is 50.7 Å². The SMILES string of the molecule is COC(=O)C(C)(CCCN1CCN(c2ccc(-c3ccccc3Cl)cc2)CC1)c1ccccc1. The van der Waals surface area contributed by atoms with Crippen LogP contribution in [0.3, 0.4) is 0 Å². The highest BCUT2D eigenvalue weighted by Crippen LogP contribution is 2.31. The van der Waals surface area contributed by atoms with E-state index in [1.165, 1.54) is 12.8 Å². The molecule has 3 aromatic carbocycles. The predicted molar refractivity (Wildman–Crippen MR) is 141 cm³/mol. The minimum absolute atomic E-state index is 0.163. The summed E-state index contributed by atoms with van der Waals surface area (Å²) in [6.07, 6.45) is 1.72. The molecule has 1 unspecified atom stereocenters. The average Bonchev–Trinajstić information content (AvgIpc) is 2.89. The predicted octanol–water partition coefficient (Wildman–Crippen LogP) is 6.04. The summed E-state index contributed by atoms with van der Waals surface area (Å²) in [6, 6.07) is 26.6. The summed E-state index contributed by atoms with van der Waals surface area (Å²) < 4.78 is 5.15. The van der Waals surface area contributed by atoms with Crippen molar-refractivity contribution in [1.82, 2.24) is 4.90 Å². The van der Waals surface area contributed by atoms with E-state index in [1.807, 2.05) is 55.5 Å². The van der Waals surface area contributed by atoms with Crippen LogP contribution in [0.25, 0.3) is 11.1 Å². The molecule has 0 N–H and O–H groups in total. The zero-order valence-electron chi connectivity index (χ0n) is 20.0. The first-order chi connectivity index (χ1) is 16.5. The van der Waals surface area contributed by atoms with E-state index in [-0.39, 0.29) is 5.97 Å². The zero-order valence-corrected chi connectivity index (χ0v) is 20.8. The average molecular weight is 477 g/mol. The molecule has 0 radical (unpaired) electrons. The lowest BCUT2D eigenvalue weighted by atomic mass is 9.78. The van der Waals surface area contributed by atoms with E-state index in [2.05, 4.69) is 40.1 Å². The van der Waals surface area contributed by atoms with Crippen LogP contribution >= 0.6 is 11.6 Å². The van der Waals surface area contributed by atoms with E-state index in [1.54, 1.807) is 0 Å². The number of ether oxygens (including phenoxy) is 1. The standard InChI is InChI=1S/C29H33ClN2O2/c1-29(28(33)34-2,24-9-4-3-5-10-24)17-8-18-31-19-21-32(22-20-31)25-15-13-23(14-16-25)26-11-6-7-12-27(26)30/h3-7,9-16H,8,17-22H2,1-2H3. The van der Waals surface area contributed by atoms with Crippen LogP contribution in [0.2, 0.25) is 5.02 Å². The maximum atomic E-state index is 12.6. The van der Waals surface area contributed by atoms with Crippen molar-refractivity contribution in [2.24, 2.45) is 0 Å². The lowest BCUT2D eigenvalue weighted by Gasteiger charge is -2.36. The highest BCUT2D eigenvalue weighted by atomic mass is 35.5. The summed E-state index contributed by atoms with van der Waals surface area (Å²) in [5.41, 5.74) is 3.86. The molecule has 4 nitrogen and oxygen atoms in total. The summed E-state index contributed by atoms with van der Waals surface area (Å²) in [5.74, 6) is -0.163. The highest BCUT2D eigenvalue weighted by molar-refractivity contribution is 6.33. The quantitative estimate of drug-likeness (QED) is 0.371. The summed E-state index contributed by atoms with van der Waals surface area (Å²) in [6.45, 7) is 7.02. The van der Waals surface area contributed by atoms with Gasteiger partial charge in [-0.15, -0.1) is 0 Å². The fourth-order valence-corrected chi connectivity index (χ4v) is 5.07. The van der Waals surface area contributed by atoms with E-state index in [9.17, 15) is 4.79 Å². The third-order valence-electron chi connectivity index (χ3n) is 6.99. The second-order valence-corrected chi connectivity index (χ2v) is 9.56. The maximum absolute atomic E-state index is 12.6. The number of hydrogen-bond donors (Lipinski definition) is 0. The number of carbonyl (C=O) groups excluding carboxylic acids is 1. The van der Waals surface area contributed by atoms with E-state index in [0.29, 0.717) is 0 Å². The maximum Gasteiger partial charge on any atom is 0.315 e. The van der Waals surface area contributed by atoms with Crippen LogP contribution in [0.4, 0.5) is 5.69 Å². The van der Waals surface area contributed by atoms with Gasteiger partial charge in [-0.25, -0.2) is 0 Å². The topological polar surface area (TPSA) is 32.8 Å². The van der Waals surface area contributed by atoms with Crippen molar-refractivity contribution in [3.63, 3.8) is 0 Å². The molecule has 1 heterocycles. The Kier molecular flexibility index (Phi) is 7.91. The van der Waals surface area contributed by atoms with Gasteiger partial charge in [0.05, 0.1) is 12.5 Å². The summed E-state index contributed by atoms with van der Waals surface area (Å²) >= 11 is 6.35. The Balaban J connectivity index is 1.29. The molecule has 0 bridgehead atoms. The normalized spacial score (nSPS) is 16.1. The number of anilines is 1. The molecule has 0 amide bonds. The molecule has 178 valence electrons.